The standard InChI is InChI=1S/C29H37N3O6S/c1-29(2,3)22-11-9-20(10-12-22)25-24(26(33)21-7-6-8-23(19-21)39(36,37)30(4)5)27(34)28(35)32(25)14-13-31-15-17-38-18-16-31/h6-12,19,25,33H,13-18H2,1-5H3/t25-/m1/s1. The van der Waals surface area contributed by atoms with Gasteiger partial charge in [-0.3, -0.25) is 14.5 Å². The first-order chi connectivity index (χ1) is 18.3. The van der Waals surface area contributed by atoms with Crippen molar-refractivity contribution in [2.24, 2.45) is 0 Å². The van der Waals surface area contributed by atoms with E-state index in [0.717, 1.165) is 23.0 Å². The molecule has 2 aliphatic rings. The number of ketones is 1. The molecular formula is C29H37N3O6S. The molecule has 4 rings (SSSR count). The van der Waals surface area contributed by atoms with Crippen LogP contribution in [0.25, 0.3) is 5.76 Å². The number of carbonyl (C=O) groups is 2. The van der Waals surface area contributed by atoms with E-state index < -0.39 is 33.5 Å². The summed E-state index contributed by atoms with van der Waals surface area (Å²) in [5, 5.41) is 11.4. The van der Waals surface area contributed by atoms with Crippen LogP contribution in [0.15, 0.2) is 59.0 Å². The fourth-order valence-electron chi connectivity index (χ4n) is 4.87. The Balaban J connectivity index is 1.80. The topological polar surface area (TPSA) is 107 Å². The lowest BCUT2D eigenvalue weighted by Gasteiger charge is -2.31. The number of likely N-dealkylation sites (tertiary alicyclic amines) is 1. The number of carbonyl (C=O) groups excluding carboxylic acids is 2. The van der Waals surface area contributed by atoms with Crippen LogP contribution in [0, 0.1) is 0 Å². The first kappa shape index (κ1) is 28.9. The van der Waals surface area contributed by atoms with Crippen molar-refractivity contribution in [3.05, 3.63) is 70.8 Å². The van der Waals surface area contributed by atoms with E-state index in [0.29, 0.717) is 31.9 Å². The molecule has 1 amide bonds. The number of benzene rings is 2. The number of hydrogen-bond donors (Lipinski definition) is 1. The molecule has 1 N–H and O–H groups in total. The molecule has 0 radical (unpaired) electrons. The molecule has 210 valence electrons. The Morgan fingerprint density at radius 3 is 2.26 bits per heavy atom. The van der Waals surface area contributed by atoms with E-state index in [1.165, 1.54) is 43.3 Å². The molecule has 0 unspecified atom stereocenters. The van der Waals surface area contributed by atoms with Crippen molar-refractivity contribution in [3.8, 4) is 0 Å². The monoisotopic (exact) mass is 555 g/mol. The highest BCUT2D eigenvalue weighted by Gasteiger charge is 2.46. The van der Waals surface area contributed by atoms with Crippen LogP contribution >= 0.6 is 0 Å². The molecule has 10 heteroatoms. The van der Waals surface area contributed by atoms with Gasteiger partial charge in [-0.15, -0.1) is 0 Å². The third-order valence-corrected chi connectivity index (χ3v) is 9.09. The Morgan fingerprint density at radius 2 is 1.67 bits per heavy atom. The number of sulfonamides is 1. The molecule has 39 heavy (non-hydrogen) atoms. The van der Waals surface area contributed by atoms with Gasteiger partial charge < -0.3 is 14.7 Å². The van der Waals surface area contributed by atoms with E-state index >= 15 is 0 Å². The van der Waals surface area contributed by atoms with Crippen molar-refractivity contribution < 1.29 is 27.9 Å². The normalized spacial score (nSPS) is 20.7. The highest BCUT2D eigenvalue weighted by atomic mass is 32.2. The average molecular weight is 556 g/mol. The van der Waals surface area contributed by atoms with Gasteiger partial charge in [0, 0.05) is 45.8 Å². The first-order valence-corrected chi connectivity index (χ1v) is 14.5. The second-order valence-corrected chi connectivity index (χ2v) is 13.3. The Morgan fingerprint density at radius 1 is 1.03 bits per heavy atom. The Hall–Kier alpha value is -3.05. The second-order valence-electron chi connectivity index (χ2n) is 11.1. The SMILES string of the molecule is CN(C)S(=O)(=O)c1cccc(C(O)=C2C(=O)C(=O)N(CCN3CCOCC3)[C@@H]2c2ccc(C(C)(C)C)cc2)c1. The van der Waals surface area contributed by atoms with E-state index in [2.05, 4.69) is 25.7 Å². The number of aliphatic hydroxyl groups is 1. The Bertz CT molecular complexity index is 1370. The molecular weight excluding hydrogens is 518 g/mol. The van der Waals surface area contributed by atoms with Gasteiger partial charge in [0.05, 0.1) is 29.7 Å². The smallest absolute Gasteiger partial charge is 0.295 e. The van der Waals surface area contributed by atoms with Crippen LogP contribution in [0.3, 0.4) is 0 Å². The zero-order valence-electron chi connectivity index (χ0n) is 23.2. The molecule has 2 saturated heterocycles. The molecule has 0 aliphatic carbocycles. The van der Waals surface area contributed by atoms with Gasteiger partial charge in [-0.25, -0.2) is 12.7 Å². The van der Waals surface area contributed by atoms with Crippen molar-refractivity contribution in [2.45, 2.75) is 37.1 Å². The molecule has 0 saturated carbocycles. The van der Waals surface area contributed by atoms with Crippen molar-refractivity contribution in [1.29, 1.82) is 0 Å². The molecule has 9 nitrogen and oxygen atoms in total. The summed E-state index contributed by atoms with van der Waals surface area (Å²) < 4.78 is 31.9. The minimum Gasteiger partial charge on any atom is -0.507 e. The van der Waals surface area contributed by atoms with E-state index in [1.807, 2.05) is 24.3 Å². The number of amides is 1. The number of Topliss-reactive ketones (excluding diaryl/α,β-unsaturated/α-hetero) is 1. The number of morpholine rings is 1. The Kier molecular flexibility index (Phi) is 8.32. The lowest BCUT2D eigenvalue weighted by molar-refractivity contribution is -0.140. The first-order valence-electron chi connectivity index (χ1n) is 13.0. The van der Waals surface area contributed by atoms with Crippen molar-refractivity contribution in [3.63, 3.8) is 0 Å². The summed E-state index contributed by atoms with van der Waals surface area (Å²) in [6, 6.07) is 12.7. The molecule has 2 aromatic rings. The van der Waals surface area contributed by atoms with Gasteiger partial charge in [0.2, 0.25) is 10.0 Å². The summed E-state index contributed by atoms with van der Waals surface area (Å²) in [7, 11) is -0.936. The lowest BCUT2D eigenvalue weighted by Crippen LogP contribution is -2.42. The highest BCUT2D eigenvalue weighted by molar-refractivity contribution is 7.89. The summed E-state index contributed by atoms with van der Waals surface area (Å²) in [6.07, 6.45) is 0. The number of aliphatic hydroxyl groups excluding tert-OH is 1. The molecule has 2 aromatic carbocycles. The van der Waals surface area contributed by atoms with E-state index in [-0.39, 0.29) is 21.4 Å². The molecule has 2 heterocycles. The summed E-state index contributed by atoms with van der Waals surface area (Å²) in [6.45, 7) is 9.86. The zero-order chi connectivity index (χ0) is 28.5. The Labute approximate surface area is 230 Å². The van der Waals surface area contributed by atoms with Crippen LogP contribution in [-0.4, -0.2) is 92.8 Å². The fraction of sp³-hybridized carbons (Fsp3) is 0.448. The van der Waals surface area contributed by atoms with Crippen LogP contribution < -0.4 is 0 Å². The number of ether oxygens (including phenoxy) is 1. The number of rotatable bonds is 7. The highest BCUT2D eigenvalue weighted by Crippen LogP contribution is 2.40. The third kappa shape index (κ3) is 5.94. The molecule has 2 fully saturated rings. The molecule has 2 aliphatic heterocycles. The van der Waals surface area contributed by atoms with Gasteiger partial charge in [-0.1, -0.05) is 57.2 Å². The van der Waals surface area contributed by atoms with Crippen molar-refractivity contribution in [2.75, 3.05) is 53.5 Å². The molecule has 0 spiro atoms. The number of hydrogen-bond acceptors (Lipinski definition) is 7. The maximum Gasteiger partial charge on any atom is 0.295 e. The van der Waals surface area contributed by atoms with Crippen molar-refractivity contribution >= 4 is 27.5 Å². The summed E-state index contributed by atoms with van der Waals surface area (Å²) in [5.74, 6) is -1.88. The predicted molar refractivity (Wildman–Crippen MR) is 149 cm³/mol. The van der Waals surface area contributed by atoms with Gasteiger partial charge in [0.25, 0.3) is 11.7 Å². The van der Waals surface area contributed by atoms with Gasteiger partial charge in [-0.2, -0.15) is 0 Å². The summed E-state index contributed by atoms with van der Waals surface area (Å²) in [5.41, 5.74) is 1.81. The summed E-state index contributed by atoms with van der Waals surface area (Å²) in [4.78, 5) is 30.4. The maximum absolute atomic E-state index is 13.4. The molecule has 0 bridgehead atoms. The summed E-state index contributed by atoms with van der Waals surface area (Å²) >= 11 is 0. The van der Waals surface area contributed by atoms with E-state index in [1.54, 1.807) is 0 Å². The van der Waals surface area contributed by atoms with Crippen LogP contribution in [0.1, 0.15) is 43.5 Å². The largest absolute Gasteiger partial charge is 0.507 e. The quantitative estimate of drug-likeness (QED) is 0.318. The minimum atomic E-state index is -3.78. The lowest BCUT2D eigenvalue weighted by atomic mass is 9.85. The van der Waals surface area contributed by atoms with Crippen LogP contribution in [0.4, 0.5) is 0 Å². The minimum absolute atomic E-state index is 0.0239. The molecule has 0 aromatic heterocycles. The van der Waals surface area contributed by atoms with Gasteiger partial charge >= 0.3 is 0 Å². The van der Waals surface area contributed by atoms with E-state index in [9.17, 15) is 23.1 Å². The van der Waals surface area contributed by atoms with Crippen LogP contribution in [0.5, 0.6) is 0 Å². The molecule has 1 atom stereocenters. The predicted octanol–water partition coefficient (Wildman–Crippen LogP) is 2.99. The van der Waals surface area contributed by atoms with Crippen molar-refractivity contribution in [1.82, 2.24) is 14.1 Å². The van der Waals surface area contributed by atoms with Crippen LogP contribution in [-0.2, 0) is 29.8 Å². The van der Waals surface area contributed by atoms with Crippen LogP contribution in [0.2, 0.25) is 0 Å². The van der Waals surface area contributed by atoms with Gasteiger partial charge in [-0.05, 0) is 28.7 Å². The zero-order valence-corrected chi connectivity index (χ0v) is 24.0. The average Bonchev–Trinajstić information content (AvgIpc) is 3.16. The fourth-order valence-corrected chi connectivity index (χ4v) is 5.81. The van der Waals surface area contributed by atoms with E-state index in [4.69, 9.17) is 4.74 Å². The second kappa shape index (κ2) is 11.2. The van der Waals surface area contributed by atoms with Gasteiger partial charge in [0.15, 0.2) is 0 Å². The third-order valence-electron chi connectivity index (χ3n) is 7.28. The maximum atomic E-state index is 13.4. The number of nitrogens with zero attached hydrogens (tertiary/aromatic N) is 3. The van der Waals surface area contributed by atoms with Gasteiger partial charge in [0.1, 0.15) is 5.76 Å².